The molecular formula is C62H64F4N8O4. The molecule has 8 heterocycles. The van der Waals surface area contributed by atoms with Crippen molar-refractivity contribution in [3.05, 3.63) is 167 Å². The molecule has 404 valence electrons. The van der Waals surface area contributed by atoms with Gasteiger partial charge in [-0.1, -0.05) is 48.5 Å². The number of aryl methyl sites for hydroxylation is 4. The van der Waals surface area contributed by atoms with Gasteiger partial charge in [-0.2, -0.15) is 0 Å². The van der Waals surface area contributed by atoms with Gasteiger partial charge in [-0.25, -0.2) is 27.5 Å². The van der Waals surface area contributed by atoms with Gasteiger partial charge < -0.3 is 38.0 Å². The third-order valence-corrected chi connectivity index (χ3v) is 16.1. The van der Waals surface area contributed by atoms with Gasteiger partial charge in [0, 0.05) is 85.9 Å². The topological polar surface area (TPSA) is 130 Å². The lowest BCUT2D eigenvalue weighted by molar-refractivity contribution is 0.0546. The van der Waals surface area contributed by atoms with Crippen LogP contribution in [-0.4, -0.2) is 74.8 Å². The molecule has 0 amide bonds. The van der Waals surface area contributed by atoms with Crippen molar-refractivity contribution in [2.45, 2.75) is 90.5 Å². The predicted molar refractivity (Wildman–Crippen MR) is 295 cm³/mol. The number of pyridine rings is 2. The van der Waals surface area contributed by atoms with Gasteiger partial charge in [0.15, 0.2) is 23.3 Å². The average molecular weight is 1060 g/mol. The second-order valence-corrected chi connectivity index (χ2v) is 22.2. The van der Waals surface area contributed by atoms with E-state index in [2.05, 4.69) is 31.2 Å². The molecule has 2 unspecified atom stereocenters. The highest BCUT2D eigenvalue weighted by Gasteiger charge is 2.36. The Balaban J connectivity index is 0.000000165. The van der Waals surface area contributed by atoms with E-state index in [0.29, 0.717) is 63.2 Å². The van der Waals surface area contributed by atoms with Crippen molar-refractivity contribution in [3.8, 4) is 22.5 Å². The number of hydrogen-bond donors (Lipinski definition) is 2. The summed E-state index contributed by atoms with van der Waals surface area (Å²) in [4.78, 5) is 18.7. The number of ether oxygens (including phenoxy) is 2. The molecule has 4 aromatic carbocycles. The van der Waals surface area contributed by atoms with Gasteiger partial charge in [-0.15, -0.1) is 0 Å². The molecule has 0 radical (unpaired) electrons. The predicted octanol–water partition coefficient (Wildman–Crippen LogP) is 12.8. The molecule has 2 atom stereocenters. The number of nitrogens with zero attached hydrogens (tertiary/aromatic N) is 8. The van der Waals surface area contributed by atoms with Crippen molar-refractivity contribution in [1.82, 2.24) is 38.2 Å². The van der Waals surface area contributed by atoms with Gasteiger partial charge in [0.05, 0.1) is 91.8 Å². The van der Waals surface area contributed by atoms with E-state index in [1.807, 2.05) is 85.9 Å². The van der Waals surface area contributed by atoms with Gasteiger partial charge in [0.1, 0.15) is 0 Å². The number of hydrogen-bond acceptors (Lipinski definition) is 8. The molecule has 16 heteroatoms. The highest BCUT2D eigenvalue weighted by Crippen LogP contribution is 2.45. The van der Waals surface area contributed by atoms with Crippen LogP contribution in [0.4, 0.5) is 17.6 Å². The summed E-state index contributed by atoms with van der Waals surface area (Å²) in [5.74, 6) is -3.41. The summed E-state index contributed by atoms with van der Waals surface area (Å²) in [5, 5.41) is 23.5. The first kappa shape index (κ1) is 52.8. The molecule has 2 saturated heterocycles. The first-order valence-corrected chi connectivity index (χ1v) is 26.6. The van der Waals surface area contributed by atoms with Crippen LogP contribution in [0.1, 0.15) is 99.1 Å². The molecule has 0 spiro atoms. The summed E-state index contributed by atoms with van der Waals surface area (Å²) in [5.41, 5.74) is 10.1. The van der Waals surface area contributed by atoms with E-state index < -0.39 is 46.6 Å². The minimum atomic E-state index is -1.09. The van der Waals surface area contributed by atoms with E-state index in [4.69, 9.17) is 19.4 Å². The molecule has 0 saturated carbocycles. The van der Waals surface area contributed by atoms with Gasteiger partial charge in [-0.3, -0.25) is 9.97 Å². The number of fused-ring (bicyclic) bond motifs is 6. The summed E-state index contributed by atoms with van der Waals surface area (Å²) < 4.78 is 80.0. The minimum Gasteiger partial charge on any atom is -0.386 e. The van der Waals surface area contributed by atoms with Gasteiger partial charge in [-0.05, 0) is 127 Å². The highest BCUT2D eigenvalue weighted by molar-refractivity contribution is 6.08. The molecule has 0 bridgehead atoms. The largest absolute Gasteiger partial charge is 0.386 e. The molecule has 2 fully saturated rings. The Kier molecular flexibility index (Phi) is 13.9. The molecule has 12 rings (SSSR count). The van der Waals surface area contributed by atoms with Crippen molar-refractivity contribution >= 4 is 43.9 Å². The zero-order valence-electron chi connectivity index (χ0n) is 45.2. The van der Waals surface area contributed by atoms with E-state index >= 15 is 8.78 Å². The second kappa shape index (κ2) is 20.5. The lowest BCUT2D eigenvalue weighted by Gasteiger charge is -2.33. The maximum absolute atomic E-state index is 15.6. The fourth-order valence-electron chi connectivity index (χ4n) is 12.1. The summed E-state index contributed by atoms with van der Waals surface area (Å²) in [6.07, 6.45) is 10.1. The standard InChI is InChI=1S/2C31H32F2N4O2/c2*1-18-29(36(4)17-35-18)20-14-26-28(34-16-20)22-9-8-21(31(2,3)38)15-25(22)37(26)30(19-10-12-39-13-11-19)23-6-5-7-24(32)27(23)33/h2*5-9,14-17,19,30,38H,10-13H2,1-4H3. The normalized spacial score (nSPS) is 15.9. The molecule has 6 aromatic heterocycles. The van der Waals surface area contributed by atoms with Gasteiger partial charge >= 0.3 is 0 Å². The highest BCUT2D eigenvalue weighted by atomic mass is 19.2. The summed E-state index contributed by atoms with van der Waals surface area (Å²) in [6, 6.07) is 23.6. The first-order valence-electron chi connectivity index (χ1n) is 26.6. The van der Waals surface area contributed by atoms with E-state index in [1.54, 1.807) is 64.6 Å². The third kappa shape index (κ3) is 9.45. The van der Waals surface area contributed by atoms with Crippen molar-refractivity contribution < 1.29 is 37.2 Å². The number of benzene rings is 4. The summed E-state index contributed by atoms with van der Waals surface area (Å²) >= 11 is 0. The second-order valence-electron chi connectivity index (χ2n) is 22.2. The Hall–Kier alpha value is -7.24. The van der Waals surface area contributed by atoms with Gasteiger partial charge in [0.25, 0.3) is 0 Å². The molecular weight excluding hydrogens is 997 g/mol. The Bertz CT molecular complexity index is 3600. The number of rotatable bonds is 10. The SMILES string of the molecule is Cc1ncn(C)c1-c1cnc2c3ccc(C(C)(C)O)cc3n(C(c3cccc(F)c3F)C3CCOCC3)c2c1.Cc1ncn(C)c1-c1cnc2c3ccc(C(C)(C)O)cc3n(C(c3cccc(F)c3F)C3CCOCC3)c2c1. The van der Waals surface area contributed by atoms with Crippen molar-refractivity contribution in [2.24, 2.45) is 25.9 Å². The fraction of sp³-hybridized carbons (Fsp3) is 0.355. The number of aromatic nitrogens is 8. The van der Waals surface area contributed by atoms with Gasteiger partial charge in [0.2, 0.25) is 0 Å². The number of halogens is 4. The van der Waals surface area contributed by atoms with Crippen LogP contribution in [0.15, 0.2) is 110 Å². The molecule has 12 nitrogen and oxygen atoms in total. The molecule has 78 heavy (non-hydrogen) atoms. The molecule has 2 N–H and O–H groups in total. The molecule has 0 aliphatic carbocycles. The van der Waals surface area contributed by atoms with Crippen LogP contribution in [0.5, 0.6) is 0 Å². The quantitative estimate of drug-likeness (QED) is 0.130. The molecule has 2 aliphatic heterocycles. The van der Waals surface area contributed by atoms with E-state index in [1.165, 1.54) is 0 Å². The van der Waals surface area contributed by atoms with Crippen molar-refractivity contribution in [3.63, 3.8) is 0 Å². The third-order valence-electron chi connectivity index (χ3n) is 16.1. The van der Waals surface area contributed by atoms with Crippen molar-refractivity contribution in [1.29, 1.82) is 0 Å². The van der Waals surface area contributed by atoms with Crippen LogP contribution in [0.2, 0.25) is 0 Å². The van der Waals surface area contributed by atoms with Crippen LogP contribution >= 0.6 is 0 Å². The number of aliphatic hydroxyl groups is 2. The molecule has 10 aromatic rings. The number of imidazole rings is 2. The van der Waals surface area contributed by atoms with Crippen LogP contribution in [-0.2, 0) is 34.8 Å². The maximum atomic E-state index is 15.6. The zero-order chi connectivity index (χ0) is 54.9. The van der Waals surface area contributed by atoms with E-state index in [9.17, 15) is 19.0 Å². The lowest BCUT2D eigenvalue weighted by atomic mass is 9.86. The molecule has 2 aliphatic rings. The van der Waals surface area contributed by atoms with Crippen LogP contribution in [0, 0.1) is 49.0 Å². The Morgan fingerprint density at radius 3 is 1.26 bits per heavy atom. The van der Waals surface area contributed by atoms with E-state index in [0.717, 1.165) is 101 Å². The van der Waals surface area contributed by atoms with Crippen molar-refractivity contribution in [2.75, 3.05) is 26.4 Å². The Morgan fingerprint density at radius 2 is 0.910 bits per heavy atom. The monoisotopic (exact) mass is 1060 g/mol. The lowest BCUT2D eigenvalue weighted by Crippen LogP contribution is -2.28. The van der Waals surface area contributed by atoms with Crippen LogP contribution < -0.4 is 0 Å². The first-order chi connectivity index (χ1) is 37.3. The summed E-state index contributed by atoms with van der Waals surface area (Å²) in [6.45, 7) is 13.1. The van der Waals surface area contributed by atoms with Crippen LogP contribution in [0.3, 0.4) is 0 Å². The van der Waals surface area contributed by atoms with Crippen LogP contribution in [0.25, 0.3) is 66.4 Å². The Morgan fingerprint density at radius 1 is 0.526 bits per heavy atom. The summed E-state index contributed by atoms with van der Waals surface area (Å²) in [7, 11) is 3.88. The smallest absolute Gasteiger partial charge is 0.164 e. The van der Waals surface area contributed by atoms with E-state index in [-0.39, 0.29) is 11.8 Å². The minimum absolute atomic E-state index is 0.00161. The average Bonchev–Trinajstić information content (AvgIpc) is 4.35. The Labute approximate surface area is 449 Å². The maximum Gasteiger partial charge on any atom is 0.164 e. The fourth-order valence-corrected chi connectivity index (χ4v) is 12.1. The zero-order valence-corrected chi connectivity index (χ0v) is 45.2.